The Morgan fingerprint density at radius 2 is 2.19 bits per heavy atom. The van der Waals surface area contributed by atoms with Crippen molar-refractivity contribution in [1.29, 1.82) is 0 Å². The summed E-state index contributed by atoms with van der Waals surface area (Å²) >= 11 is 0. The lowest BCUT2D eigenvalue weighted by Crippen LogP contribution is -2.48. The van der Waals surface area contributed by atoms with Gasteiger partial charge in [0.1, 0.15) is 22.4 Å². The molecule has 0 aliphatic carbocycles. The number of benzene rings is 1. The van der Waals surface area contributed by atoms with Crippen LogP contribution in [0.25, 0.3) is 0 Å². The number of halogens is 1. The van der Waals surface area contributed by atoms with E-state index >= 15 is 0 Å². The summed E-state index contributed by atoms with van der Waals surface area (Å²) in [6, 6.07) is 4.46. The fraction of sp³-hybridized carbons (Fsp3) is 0.500. The van der Waals surface area contributed by atoms with Gasteiger partial charge in [-0.2, -0.15) is 0 Å². The number of hydrogen-bond acceptors (Lipinski definition) is 5. The number of amidine groups is 1. The van der Waals surface area contributed by atoms with Gasteiger partial charge in [0.05, 0.1) is 5.75 Å². The van der Waals surface area contributed by atoms with Gasteiger partial charge in [-0.15, -0.1) is 0 Å². The van der Waals surface area contributed by atoms with Crippen molar-refractivity contribution >= 4 is 21.4 Å². The number of anilines is 1. The monoisotopic (exact) mass is 313 g/mol. The highest BCUT2D eigenvalue weighted by molar-refractivity contribution is 7.92. The highest BCUT2D eigenvalue weighted by Crippen LogP contribution is 2.35. The molecular formula is C14H20FN3O2S. The van der Waals surface area contributed by atoms with Gasteiger partial charge >= 0.3 is 0 Å². The van der Waals surface area contributed by atoms with Crippen LogP contribution in [-0.4, -0.2) is 32.3 Å². The molecule has 0 amide bonds. The van der Waals surface area contributed by atoms with Crippen LogP contribution in [0.15, 0.2) is 23.2 Å². The predicted octanol–water partition coefficient (Wildman–Crippen LogP) is 1.65. The number of nitrogens with two attached hydrogens (primary N) is 1. The highest BCUT2D eigenvalue weighted by atomic mass is 32.2. The molecule has 0 fully saturated rings. The van der Waals surface area contributed by atoms with Crippen molar-refractivity contribution in [3.8, 4) is 0 Å². The summed E-state index contributed by atoms with van der Waals surface area (Å²) in [6.45, 7) is 3.34. The average Bonchev–Trinajstić information content (AvgIpc) is 2.37. The molecule has 1 aromatic carbocycles. The second-order valence-electron chi connectivity index (χ2n) is 5.46. The first kappa shape index (κ1) is 15.8. The van der Waals surface area contributed by atoms with Crippen molar-refractivity contribution in [3.63, 3.8) is 0 Å². The summed E-state index contributed by atoms with van der Waals surface area (Å²) in [7, 11) is -1.75. The van der Waals surface area contributed by atoms with E-state index in [4.69, 9.17) is 5.73 Å². The molecule has 1 unspecified atom stereocenters. The van der Waals surface area contributed by atoms with Crippen LogP contribution in [0.5, 0.6) is 0 Å². The fourth-order valence-electron chi connectivity index (χ4n) is 2.76. The van der Waals surface area contributed by atoms with E-state index in [1.165, 1.54) is 6.07 Å². The second-order valence-corrected chi connectivity index (χ2v) is 7.64. The molecule has 1 aliphatic rings. The third-order valence-electron chi connectivity index (χ3n) is 3.83. The molecule has 0 saturated heterocycles. The molecular weight excluding hydrogens is 293 g/mol. The molecule has 0 bridgehead atoms. The van der Waals surface area contributed by atoms with Crippen molar-refractivity contribution in [3.05, 3.63) is 29.6 Å². The van der Waals surface area contributed by atoms with Crippen LogP contribution in [0.4, 0.5) is 10.1 Å². The van der Waals surface area contributed by atoms with Crippen molar-refractivity contribution in [2.75, 3.05) is 18.1 Å². The summed E-state index contributed by atoms with van der Waals surface area (Å²) in [5, 5.41) is 2.13. The second kappa shape index (κ2) is 5.29. The van der Waals surface area contributed by atoms with Crippen LogP contribution in [0.1, 0.15) is 25.8 Å². The van der Waals surface area contributed by atoms with Crippen LogP contribution >= 0.6 is 0 Å². The van der Waals surface area contributed by atoms with Gasteiger partial charge in [0.15, 0.2) is 9.84 Å². The number of sulfone groups is 1. The standard InChI is InChI=1S/C14H20FN3O2S/c1-4-12-13(16)18-14(2,8-21(12,19)20)10-7-9(17-3)5-6-11(10)15/h5-7,12,17H,4,8H2,1-3H3,(H2,16,18)/t12?,14-/m0/s1. The number of nitrogens with zero attached hydrogens (tertiary/aromatic N) is 1. The first-order chi connectivity index (χ1) is 9.73. The molecule has 7 heteroatoms. The normalized spacial score (nSPS) is 28.0. The summed E-state index contributed by atoms with van der Waals surface area (Å²) in [4.78, 5) is 4.32. The zero-order valence-corrected chi connectivity index (χ0v) is 13.2. The van der Waals surface area contributed by atoms with Gasteiger partial charge in [0.2, 0.25) is 0 Å². The SMILES string of the molecule is CCC1C(N)=N[C@](C)(c2cc(NC)ccc2F)CS1(=O)=O. The van der Waals surface area contributed by atoms with Gasteiger partial charge in [-0.25, -0.2) is 12.8 Å². The van der Waals surface area contributed by atoms with Crippen molar-refractivity contribution < 1.29 is 12.8 Å². The summed E-state index contributed by atoms with van der Waals surface area (Å²) in [5.74, 6) is -0.678. The van der Waals surface area contributed by atoms with E-state index in [9.17, 15) is 12.8 Å². The Bertz CT molecular complexity index is 687. The van der Waals surface area contributed by atoms with Crippen LogP contribution < -0.4 is 11.1 Å². The molecule has 1 aliphatic heterocycles. The maximum absolute atomic E-state index is 14.2. The van der Waals surface area contributed by atoms with Crippen LogP contribution in [0.3, 0.4) is 0 Å². The van der Waals surface area contributed by atoms with Crippen LogP contribution in [-0.2, 0) is 15.4 Å². The van der Waals surface area contributed by atoms with E-state index in [0.717, 1.165) is 0 Å². The molecule has 0 aromatic heterocycles. The molecule has 116 valence electrons. The Labute approximate surface area is 124 Å². The maximum atomic E-state index is 14.2. The first-order valence-electron chi connectivity index (χ1n) is 6.78. The summed E-state index contributed by atoms with van der Waals surface area (Å²) in [5.41, 5.74) is 5.55. The summed E-state index contributed by atoms with van der Waals surface area (Å²) < 4.78 is 38.9. The van der Waals surface area contributed by atoms with Gasteiger partial charge in [0, 0.05) is 18.3 Å². The van der Waals surface area contributed by atoms with Crippen molar-refractivity contribution in [1.82, 2.24) is 0 Å². The van der Waals surface area contributed by atoms with Gasteiger partial charge < -0.3 is 11.1 Å². The minimum Gasteiger partial charge on any atom is -0.388 e. The lowest BCUT2D eigenvalue weighted by molar-refractivity contribution is 0.483. The molecule has 2 rings (SSSR count). The fourth-order valence-corrected chi connectivity index (χ4v) is 4.89. The number of rotatable bonds is 3. The van der Waals surface area contributed by atoms with Gasteiger partial charge in [-0.1, -0.05) is 6.92 Å². The quantitative estimate of drug-likeness (QED) is 0.888. The Kier molecular flexibility index (Phi) is 3.97. The van der Waals surface area contributed by atoms with Crippen molar-refractivity contribution in [2.45, 2.75) is 31.1 Å². The molecule has 3 N–H and O–H groups in total. The number of nitrogens with one attached hydrogen (secondary N) is 1. The molecule has 5 nitrogen and oxygen atoms in total. The highest BCUT2D eigenvalue weighted by Gasteiger charge is 2.43. The van der Waals surface area contributed by atoms with E-state index in [1.54, 1.807) is 33.0 Å². The zero-order valence-electron chi connectivity index (χ0n) is 12.4. The zero-order chi connectivity index (χ0) is 15.8. The van der Waals surface area contributed by atoms with E-state index in [0.29, 0.717) is 12.1 Å². The van der Waals surface area contributed by atoms with Gasteiger partial charge in [0.25, 0.3) is 0 Å². The van der Waals surface area contributed by atoms with E-state index in [2.05, 4.69) is 10.3 Å². The lowest BCUT2D eigenvalue weighted by atomic mass is 9.93. The molecule has 1 aromatic rings. The third-order valence-corrected chi connectivity index (χ3v) is 6.23. The molecule has 2 atom stereocenters. The van der Waals surface area contributed by atoms with E-state index in [-0.39, 0.29) is 17.2 Å². The Morgan fingerprint density at radius 3 is 2.71 bits per heavy atom. The first-order valence-corrected chi connectivity index (χ1v) is 8.49. The Hall–Kier alpha value is -1.63. The van der Waals surface area contributed by atoms with Crippen molar-refractivity contribution in [2.24, 2.45) is 10.7 Å². The molecule has 0 spiro atoms. The third kappa shape index (κ3) is 2.74. The number of aliphatic imine (C=N–C) groups is 1. The Morgan fingerprint density at radius 1 is 1.52 bits per heavy atom. The molecule has 0 saturated carbocycles. The number of hydrogen-bond donors (Lipinski definition) is 2. The van der Waals surface area contributed by atoms with E-state index < -0.39 is 26.4 Å². The molecule has 0 radical (unpaired) electrons. The van der Waals surface area contributed by atoms with Gasteiger partial charge in [-0.05, 0) is 31.5 Å². The van der Waals surface area contributed by atoms with Crippen LogP contribution in [0.2, 0.25) is 0 Å². The minimum atomic E-state index is -3.46. The molecule has 21 heavy (non-hydrogen) atoms. The maximum Gasteiger partial charge on any atom is 0.163 e. The smallest absolute Gasteiger partial charge is 0.163 e. The Balaban J connectivity index is 2.60. The van der Waals surface area contributed by atoms with Crippen LogP contribution in [0, 0.1) is 5.82 Å². The topological polar surface area (TPSA) is 84.5 Å². The average molecular weight is 313 g/mol. The minimum absolute atomic E-state index is 0.0560. The van der Waals surface area contributed by atoms with Gasteiger partial charge in [-0.3, -0.25) is 4.99 Å². The lowest BCUT2D eigenvalue weighted by Gasteiger charge is -2.34. The molecule has 1 heterocycles. The largest absolute Gasteiger partial charge is 0.388 e. The summed E-state index contributed by atoms with van der Waals surface area (Å²) in [6.07, 6.45) is 0.368. The predicted molar refractivity (Wildman–Crippen MR) is 82.8 cm³/mol. The van der Waals surface area contributed by atoms with E-state index in [1.807, 2.05) is 0 Å².